The number of aliphatic imine (C=N–C) groups is 2. The van der Waals surface area contributed by atoms with Gasteiger partial charge in [-0.2, -0.15) is 0 Å². The fourth-order valence-electron chi connectivity index (χ4n) is 6.83. The number of H-pyrrole nitrogens is 1. The Morgan fingerprint density at radius 3 is 2.41 bits per heavy atom. The van der Waals surface area contributed by atoms with Crippen molar-refractivity contribution < 1.29 is 4.79 Å². The smallest absolute Gasteiger partial charge is 0.246 e. The number of hydrogen-bond acceptors (Lipinski definition) is 8. The number of nitrogens with one attached hydrogen (secondary N) is 5. The van der Waals surface area contributed by atoms with Crippen LogP contribution in [0.5, 0.6) is 0 Å². The summed E-state index contributed by atoms with van der Waals surface area (Å²) < 4.78 is 0. The Balaban J connectivity index is 0.997. The number of benzene rings is 2. The number of aromatic amines is 1. The molecular weight excluding hydrogens is 550 g/mol. The Hall–Kier alpha value is -4.18. The van der Waals surface area contributed by atoms with E-state index in [1.165, 1.54) is 23.1 Å². The molecule has 0 radical (unpaired) electrons. The zero-order chi connectivity index (χ0) is 30.0. The maximum absolute atomic E-state index is 13.7. The summed E-state index contributed by atoms with van der Waals surface area (Å²) >= 11 is 0. The van der Waals surface area contributed by atoms with Crippen LogP contribution in [0, 0.1) is 5.92 Å². The SMILES string of the molecule is CC(C)[C@H](NC1=NCCN1)C(=O)N1CCC[C@H]1c1ncc(-c2ccc(-c3ccc(C4CN=C([C@@H]5CCCN5)N4)cc3)cc2)[nH]1. The molecule has 5 heterocycles. The minimum Gasteiger partial charge on any atom is -0.364 e. The summed E-state index contributed by atoms with van der Waals surface area (Å²) in [5.74, 6) is 2.93. The van der Waals surface area contributed by atoms with Gasteiger partial charge in [-0.25, -0.2) is 4.98 Å². The highest BCUT2D eigenvalue weighted by Crippen LogP contribution is 2.33. The Labute approximate surface area is 259 Å². The quantitative estimate of drug-likeness (QED) is 0.271. The number of imidazole rings is 1. The Morgan fingerprint density at radius 2 is 1.70 bits per heavy atom. The summed E-state index contributed by atoms with van der Waals surface area (Å²) in [4.78, 5) is 33.2. The largest absolute Gasteiger partial charge is 0.364 e. The number of nitrogens with zero attached hydrogens (tertiary/aromatic N) is 4. The van der Waals surface area contributed by atoms with Crippen molar-refractivity contribution in [2.24, 2.45) is 15.9 Å². The monoisotopic (exact) mass is 593 g/mol. The first-order valence-electron chi connectivity index (χ1n) is 16.2. The molecule has 4 atom stereocenters. The van der Waals surface area contributed by atoms with Gasteiger partial charge >= 0.3 is 0 Å². The molecule has 2 aromatic carbocycles. The van der Waals surface area contributed by atoms with E-state index in [9.17, 15) is 4.79 Å². The fraction of sp³-hybridized carbons (Fsp3) is 0.471. The third kappa shape index (κ3) is 5.83. The number of amidine groups is 1. The lowest BCUT2D eigenvalue weighted by Crippen LogP contribution is -2.53. The Morgan fingerprint density at radius 1 is 0.932 bits per heavy atom. The molecule has 2 saturated heterocycles. The minimum atomic E-state index is -0.328. The molecule has 0 aliphatic carbocycles. The van der Waals surface area contributed by atoms with Crippen LogP contribution in [0.25, 0.3) is 22.4 Å². The second-order valence-corrected chi connectivity index (χ2v) is 12.7. The van der Waals surface area contributed by atoms with E-state index in [2.05, 4.69) is 93.6 Å². The second-order valence-electron chi connectivity index (χ2n) is 12.7. The molecule has 0 bridgehead atoms. The Bertz CT molecular complexity index is 1520. The van der Waals surface area contributed by atoms with Gasteiger partial charge in [0.1, 0.15) is 17.7 Å². The number of likely N-dealkylation sites (tertiary alicyclic amines) is 1. The molecule has 1 aromatic heterocycles. The summed E-state index contributed by atoms with van der Waals surface area (Å²) in [6, 6.07) is 17.7. The summed E-state index contributed by atoms with van der Waals surface area (Å²) in [6.07, 6.45) is 6.14. The normalized spacial score (nSPS) is 23.8. The van der Waals surface area contributed by atoms with Gasteiger partial charge in [-0.3, -0.25) is 14.8 Å². The third-order valence-electron chi connectivity index (χ3n) is 9.35. The van der Waals surface area contributed by atoms with Gasteiger partial charge in [0.05, 0.1) is 43.1 Å². The lowest BCUT2D eigenvalue weighted by atomic mass is 9.99. The van der Waals surface area contributed by atoms with E-state index >= 15 is 0 Å². The van der Waals surface area contributed by atoms with E-state index in [4.69, 9.17) is 9.98 Å². The minimum absolute atomic E-state index is 0.0548. The summed E-state index contributed by atoms with van der Waals surface area (Å²) in [5.41, 5.74) is 5.67. The van der Waals surface area contributed by atoms with E-state index in [0.717, 1.165) is 80.9 Å². The van der Waals surface area contributed by atoms with Crippen LogP contribution in [-0.4, -0.2) is 77.4 Å². The molecule has 1 unspecified atom stereocenters. The molecule has 0 saturated carbocycles. The fourth-order valence-corrected chi connectivity index (χ4v) is 6.83. The Kier molecular flexibility index (Phi) is 8.08. The highest BCUT2D eigenvalue weighted by atomic mass is 16.2. The van der Waals surface area contributed by atoms with E-state index < -0.39 is 0 Å². The van der Waals surface area contributed by atoms with Crippen molar-refractivity contribution in [3.63, 3.8) is 0 Å². The van der Waals surface area contributed by atoms with Crippen molar-refractivity contribution in [3.05, 3.63) is 66.1 Å². The van der Waals surface area contributed by atoms with Crippen molar-refractivity contribution in [2.75, 3.05) is 32.7 Å². The number of rotatable bonds is 8. The molecule has 44 heavy (non-hydrogen) atoms. The predicted octanol–water partition coefficient (Wildman–Crippen LogP) is 3.78. The van der Waals surface area contributed by atoms with Crippen molar-refractivity contribution in [2.45, 2.75) is 63.7 Å². The molecule has 230 valence electrons. The standard InChI is InChI=1S/C34H43N9O/c1-21(2)30(42-34-36-16-17-37-34)33(44)43-18-4-6-29(43)32-39-20-28(41-32)25-13-9-23(10-14-25)22-7-11-24(12-8-22)27-19-38-31(40-27)26-5-3-15-35-26/h7-14,20-21,26-27,29-30,35H,3-6,15-19H2,1-2H3,(H,38,40)(H,39,41)(H2,36,37,42)/t26-,27?,29-,30-/m0/s1. The van der Waals surface area contributed by atoms with E-state index in [-0.39, 0.29) is 30.0 Å². The number of aromatic nitrogens is 2. The lowest BCUT2D eigenvalue weighted by Gasteiger charge is -2.30. The summed E-state index contributed by atoms with van der Waals surface area (Å²) in [7, 11) is 0. The zero-order valence-electron chi connectivity index (χ0n) is 25.6. The molecule has 0 spiro atoms. The van der Waals surface area contributed by atoms with Gasteiger partial charge in [-0.15, -0.1) is 0 Å². The number of carbonyl (C=O) groups is 1. The first kappa shape index (κ1) is 28.6. The summed E-state index contributed by atoms with van der Waals surface area (Å²) in [5, 5.41) is 13.8. The van der Waals surface area contributed by atoms with Crippen LogP contribution >= 0.6 is 0 Å². The predicted molar refractivity (Wildman–Crippen MR) is 174 cm³/mol. The number of carbonyl (C=O) groups excluding carboxylic acids is 1. The molecule has 1 amide bonds. The molecule has 4 aliphatic heterocycles. The van der Waals surface area contributed by atoms with Gasteiger partial charge in [0, 0.05) is 13.1 Å². The number of amides is 1. The molecule has 10 heteroatoms. The average Bonchev–Trinajstić information content (AvgIpc) is 3.89. The average molecular weight is 594 g/mol. The molecule has 10 nitrogen and oxygen atoms in total. The van der Waals surface area contributed by atoms with Crippen LogP contribution < -0.4 is 21.3 Å². The lowest BCUT2D eigenvalue weighted by molar-refractivity contribution is -0.135. The maximum Gasteiger partial charge on any atom is 0.246 e. The van der Waals surface area contributed by atoms with Gasteiger partial charge < -0.3 is 31.2 Å². The highest BCUT2D eigenvalue weighted by Gasteiger charge is 2.37. The molecule has 5 N–H and O–H groups in total. The van der Waals surface area contributed by atoms with E-state index in [1.807, 2.05) is 11.1 Å². The van der Waals surface area contributed by atoms with Crippen LogP contribution in [0.2, 0.25) is 0 Å². The second kappa shape index (κ2) is 12.4. The van der Waals surface area contributed by atoms with Crippen molar-refractivity contribution in [1.82, 2.24) is 36.1 Å². The van der Waals surface area contributed by atoms with E-state index in [1.54, 1.807) is 0 Å². The first-order valence-corrected chi connectivity index (χ1v) is 16.2. The topological polar surface area (TPSA) is 122 Å². The van der Waals surface area contributed by atoms with Crippen LogP contribution in [0.4, 0.5) is 0 Å². The third-order valence-corrected chi connectivity index (χ3v) is 9.35. The molecule has 4 aliphatic rings. The van der Waals surface area contributed by atoms with Gasteiger partial charge in [-0.05, 0) is 60.4 Å². The van der Waals surface area contributed by atoms with Crippen molar-refractivity contribution in [3.8, 4) is 22.4 Å². The van der Waals surface area contributed by atoms with Crippen LogP contribution in [0.15, 0.2) is 64.7 Å². The molecule has 7 rings (SSSR count). The van der Waals surface area contributed by atoms with Crippen molar-refractivity contribution in [1.29, 1.82) is 0 Å². The van der Waals surface area contributed by atoms with Gasteiger partial charge in [-0.1, -0.05) is 62.4 Å². The van der Waals surface area contributed by atoms with Gasteiger partial charge in [0.15, 0.2) is 5.96 Å². The molecule has 2 fully saturated rings. The first-order chi connectivity index (χ1) is 21.5. The van der Waals surface area contributed by atoms with Gasteiger partial charge in [0.2, 0.25) is 5.91 Å². The van der Waals surface area contributed by atoms with E-state index in [0.29, 0.717) is 6.04 Å². The number of guanidine groups is 1. The van der Waals surface area contributed by atoms with Gasteiger partial charge in [0.25, 0.3) is 0 Å². The summed E-state index contributed by atoms with van der Waals surface area (Å²) in [6.45, 7) is 8.31. The molecule has 3 aromatic rings. The maximum atomic E-state index is 13.7. The van der Waals surface area contributed by atoms with Crippen LogP contribution in [-0.2, 0) is 4.79 Å². The van der Waals surface area contributed by atoms with Crippen LogP contribution in [0.3, 0.4) is 0 Å². The zero-order valence-corrected chi connectivity index (χ0v) is 25.6. The highest BCUT2D eigenvalue weighted by molar-refractivity contribution is 5.90. The van der Waals surface area contributed by atoms with Crippen molar-refractivity contribution >= 4 is 17.7 Å². The van der Waals surface area contributed by atoms with Crippen LogP contribution in [0.1, 0.15) is 63.0 Å². The number of hydrogen-bond donors (Lipinski definition) is 5. The molecular formula is C34H43N9O.